The summed E-state index contributed by atoms with van der Waals surface area (Å²) in [6.07, 6.45) is 0.715. The Morgan fingerprint density at radius 3 is 2.94 bits per heavy atom. The van der Waals surface area contributed by atoms with E-state index >= 15 is 0 Å². The summed E-state index contributed by atoms with van der Waals surface area (Å²) in [4.78, 5) is 4.25. The molecule has 17 heavy (non-hydrogen) atoms. The number of nitrogens with one attached hydrogen (secondary N) is 1. The van der Waals surface area contributed by atoms with Crippen molar-refractivity contribution >= 4 is 38.9 Å². The van der Waals surface area contributed by atoms with Crippen molar-refractivity contribution in [2.24, 2.45) is 5.84 Å². The molecule has 6 heteroatoms. The first kappa shape index (κ1) is 13.0. The lowest BCUT2D eigenvalue weighted by Gasteiger charge is -2.14. The highest BCUT2D eigenvalue weighted by atomic mass is 79.9. The fourth-order valence-electron chi connectivity index (χ4n) is 1.55. The highest BCUT2D eigenvalue weighted by Gasteiger charge is 2.14. The molecule has 0 fully saturated rings. The quantitative estimate of drug-likeness (QED) is 0.667. The van der Waals surface area contributed by atoms with Gasteiger partial charge in [0.2, 0.25) is 0 Å². The van der Waals surface area contributed by atoms with E-state index in [4.69, 9.17) is 17.4 Å². The SMILES string of the molecule is NNC(Cc1ccc(Br)cc1Cl)c1cscn1. The molecule has 0 aliphatic rings. The number of nitrogens with zero attached hydrogens (tertiary/aromatic N) is 1. The molecule has 0 radical (unpaired) electrons. The van der Waals surface area contributed by atoms with Crippen molar-refractivity contribution in [3.63, 3.8) is 0 Å². The maximum Gasteiger partial charge on any atom is 0.0795 e. The van der Waals surface area contributed by atoms with Crippen LogP contribution in [0.3, 0.4) is 0 Å². The number of hydrazine groups is 1. The van der Waals surface area contributed by atoms with E-state index < -0.39 is 0 Å². The summed E-state index contributed by atoms with van der Waals surface area (Å²) in [5.41, 5.74) is 6.55. The van der Waals surface area contributed by atoms with Crippen molar-refractivity contribution in [1.29, 1.82) is 0 Å². The Balaban J connectivity index is 2.19. The molecule has 0 saturated carbocycles. The summed E-state index contributed by atoms with van der Waals surface area (Å²) in [7, 11) is 0. The van der Waals surface area contributed by atoms with Crippen LogP contribution in [0.2, 0.25) is 5.02 Å². The Morgan fingerprint density at radius 1 is 1.53 bits per heavy atom. The van der Waals surface area contributed by atoms with E-state index in [1.165, 1.54) is 0 Å². The van der Waals surface area contributed by atoms with Crippen LogP contribution in [0.4, 0.5) is 0 Å². The zero-order valence-electron chi connectivity index (χ0n) is 8.86. The Labute approximate surface area is 117 Å². The topological polar surface area (TPSA) is 50.9 Å². The number of thiazole rings is 1. The molecule has 3 nitrogen and oxygen atoms in total. The van der Waals surface area contributed by atoms with Crippen LogP contribution in [-0.2, 0) is 6.42 Å². The van der Waals surface area contributed by atoms with Gasteiger partial charge in [0, 0.05) is 14.9 Å². The Bertz CT molecular complexity index is 489. The molecule has 1 unspecified atom stereocenters. The molecule has 2 rings (SSSR count). The number of hydrogen-bond donors (Lipinski definition) is 2. The molecule has 2 aromatic rings. The van der Waals surface area contributed by atoms with Crippen molar-refractivity contribution in [3.8, 4) is 0 Å². The van der Waals surface area contributed by atoms with Crippen LogP contribution in [0.15, 0.2) is 33.6 Å². The molecule has 1 aromatic heterocycles. The molecule has 90 valence electrons. The largest absolute Gasteiger partial charge is 0.271 e. The molecular formula is C11H11BrClN3S. The zero-order valence-corrected chi connectivity index (χ0v) is 12.0. The van der Waals surface area contributed by atoms with Crippen LogP contribution >= 0.6 is 38.9 Å². The Hall–Kier alpha value is -0.460. The molecule has 0 bridgehead atoms. The minimum atomic E-state index is -0.0140. The van der Waals surface area contributed by atoms with Gasteiger partial charge in [0.05, 0.1) is 17.2 Å². The van der Waals surface area contributed by atoms with E-state index in [1.807, 2.05) is 23.6 Å². The van der Waals surface area contributed by atoms with E-state index in [1.54, 1.807) is 16.8 Å². The predicted molar refractivity (Wildman–Crippen MR) is 75.0 cm³/mol. The number of rotatable bonds is 4. The minimum Gasteiger partial charge on any atom is -0.271 e. The van der Waals surface area contributed by atoms with Crippen LogP contribution in [0, 0.1) is 0 Å². The summed E-state index contributed by atoms with van der Waals surface area (Å²) < 4.78 is 0.970. The third-order valence-electron chi connectivity index (χ3n) is 2.45. The van der Waals surface area contributed by atoms with Gasteiger partial charge in [-0.25, -0.2) is 4.98 Å². The van der Waals surface area contributed by atoms with Crippen LogP contribution < -0.4 is 11.3 Å². The van der Waals surface area contributed by atoms with Gasteiger partial charge in [0.1, 0.15) is 0 Å². The first-order valence-corrected chi connectivity index (χ1v) is 7.10. The highest BCUT2D eigenvalue weighted by Crippen LogP contribution is 2.25. The second-order valence-corrected chi connectivity index (χ2v) is 5.61. The van der Waals surface area contributed by atoms with Gasteiger partial charge in [-0.05, 0) is 24.1 Å². The lowest BCUT2D eigenvalue weighted by atomic mass is 10.0. The number of nitrogens with two attached hydrogens (primary N) is 1. The predicted octanol–water partition coefficient (Wildman–Crippen LogP) is 3.31. The lowest BCUT2D eigenvalue weighted by molar-refractivity contribution is 0.541. The number of aromatic nitrogens is 1. The van der Waals surface area contributed by atoms with E-state index in [0.717, 1.165) is 20.8 Å². The third kappa shape index (κ3) is 3.26. The monoisotopic (exact) mass is 331 g/mol. The smallest absolute Gasteiger partial charge is 0.0795 e. The molecule has 0 amide bonds. The highest BCUT2D eigenvalue weighted by molar-refractivity contribution is 9.10. The summed E-state index contributed by atoms with van der Waals surface area (Å²) in [5, 5.41) is 2.71. The molecule has 3 N–H and O–H groups in total. The van der Waals surface area contributed by atoms with Gasteiger partial charge in [0.25, 0.3) is 0 Å². The van der Waals surface area contributed by atoms with Crippen LogP contribution in [0.1, 0.15) is 17.3 Å². The second kappa shape index (κ2) is 5.93. The van der Waals surface area contributed by atoms with E-state index in [-0.39, 0.29) is 6.04 Å². The molecule has 0 spiro atoms. The Morgan fingerprint density at radius 2 is 2.35 bits per heavy atom. The molecule has 0 aliphatic heterocycles. The van der Waals surface area contributed by atoms with Gasteiger partial charge in [-0.2, -0.15) is 0 Å². The molecule has 1 aromatic carbocycles. The maximum absolute atomic E-state index is 6.18. The van der Waals surface area contributed by atoms with Gasteiger partial charge in [0.15, 0.2) is 0 Å². The first-order chi connectivity index (χ1) is 8.20. The minimum absolute atomic E-state index is 0.0140. The average Bonchev–Trinajstić information content (AvgIpc) is 2.81. The number of hydrogen-bond acceptors (Lipinski definition) is 4. The second-order valence-electron chi connectivity index (χ2n) is 3.57. The van der Waals surface area contributed by atoms with Gasteiger partial charge >= 0.3 is 0 Å². The van der Waals surface area contributed by atoms with Gasteiger partial charge < -0.3 is 0 Å². The maximum atomic E-state index is 6.18. The lowest BCUT2D eigenvalue weighted by Crippen LogP contribution is -2.29. The van der Waals surface area contributed by atoms with Crippen LogP contribution in [0.25, 0.3) is 0 Å². The van der Waals surface area contributed by atoms with Crippen molar-refractivity contribution in [1.82, 2.24) is 10.4 Å². The van der Waals surface area contributed by atoms with Crippen molar-refractivity contribution < 1.29 is 0 Å². The molecular weight excluding hydrogens is 322 g/mol. The van der Waals surface area contributed by atoms with Crippen molar-refractivity contribution in [3.05, 3.63) is 49.8 Å². The fraction of sp³-hybridized carbons (Fsp3) is 0.182. The van der Waals surface area contributed by atoms with Gasteiger partial charge in [-0.15, -0.1) is 11.3 Å². The van der Waals surface area contributed by atoms with Gasteiger partial charge in [-0.1, -0.05) is 33.6 Å². The van der Waals surface area contributed by atoms with E-state index in [0.29, 0.717) is 6.42 Å². The molecule has 0 saturated heterocycles. The summed E-state index contributed by atoms with van der Waals surface area (Å²) in [5.74, 6) is 5.55. The average molecular weight is 333 g/mol. The normalized spacial score (nSPS) is 12.6. The third-order valence-corrected chi connectivity index (χ3v) is 3.90. The van der Waals surface area contributed by atoms with Crippen molar-refractivity contribution in [2.75, 3.05) is 0 Å². The molecule has 1 atom stereocenters. The van der Waals surface area contributed by atoms with E-state index in [2.05, 4.69) is 26.3 Å². The van der Waals surface area contributed by atoms with E-state index in [9.17, 15) is 0 Å². The van der Waals surface area contributed by atoms with Crippen molar-refractivity contribution in [2.45, 2.75) is 12.5 Å². The Kier molecular flexibility index (Phi) is 4.53. The molecule has 1 heterocycles. The summed E-state index contributed by atoms with van der Waals surface area (Å²) in [6.45, 7) is 0. The fourth-order valence-corrected chi connectivity index (χ4v) is 2.91. The number of halogens is 2. The van der Waals surface area contributed by atoms with Gasteiger partial charge in [-0.3, -0.25) is 11.3 Å². The van der Waals surface area contributed by atoms with Crippen LogP contribution in [0.5, 0.6) is 0 Å². The first-order valence-electron chi connectivity index (χ1n) is 4.99. The molecule has 0 aliphatic carbocycles. The number of benzene rings is 1. The summed E-state index contributed by atoms with van der Waals surface area (Å²) in [6, 6.07) is 5.82. The standard InChI is InChI=1S/C11H11BrClN3S/c12-8-2-1-7(9(13)4-8)3-10(16-14)11-5-17-6-15-11/h1-2,4-6,10,16H,3,14H2. The summed E-state index contributed by atoms with van der Waals surface area (Å²) >= 11 is 11.1. The zero-order chi connectivity index (χ0) is 12.3. The van der Waals surface area contributed by atoms with Crippen LogP contribution in [-0.4, -0.2) is 4.98 Å².